The van der Waals surface area contributed by atoms with Crippen LogP contribution in [0.5, 0.6) is 0 Å². The molecule has 4 rings (SSSR count). The lowest BCUT2D eigenvalue weighted by molar-refractivity contribution is 0.0220. The summed E-state index contributed by atoms with van der Waals surface area (Å²) in [5.41, 5.74) is 3.61. The summed E-state index contributed by atoms with van der Waals surface area (Å²) in [5.74, 6) is 0.539. The molecule has 1 amide bonds. The van der Waals surface area contributed by atoms with Crippen molar-refractivity contribution in [3.05, 3.63) is 41.7 Å². The van der Waals surface area contributed by atoms with Crippen LogP contribution in [-0.4, -0.2) is 71.2 Å². The molecular weight excluding hydrogens is 392 g/mol. The summed E-state index contributed by atoms with van der Waals surface area (Å²) in [6, 6.07) is 8.39. The number of amides is 1. The predicted octanol–water partition coefficient (Wildman–Crippen LogP) is 3.27. The number of carbonyl (C=O) groups excluding carboxylic acids is 1. The Morgan fingerprint density at radius 2 is 1.77 bits per heavy atom. The zero-order valence-corrected chi connectivity index (χ0v) is 18.9. The second-order valence-corrected chi connectivity index (χ2v) is 9.28. The van der Waals surface area contributed by atoms with Crippen molar-refractivity contribution in [2.24, 2.45) is 0 Å². The number of nitrogens with zero attached hydrogens (tertiary/aromatic N) is 5. The second kappa shape index (κ2) is 8.70. The summed E-state index contributed by atoms with van der Waals surface area (Å²) in [7, 11) is 2.16. The van der Waals surface area contributed by atoms with Gasteiger partial charge in [-0.1, -0.05) is 0 Å². The van der Waals surface area contributed by atoms with Crippen LogP contribution in [-0.2, 0) is 17.7 Å². The van der Waals surface area contributed by atoms with Crippen LogP contribution in [0.2, 0.25) is 0 Å². The highest BCUT2D eigenvalue weighted by Gasteiger charge is 2.26. The van der Waals surface area contributed by atoms with E-state index in [0.717, 1.165) is 49.5 Å². The van der Waals surface area contributed by atoms with Gasteiger partial charge in [0.15, 0.2) is 0 Å². The van der Waals surface area contributed by atoms with E-state index >= 15 is 0 Å². The molecule has 8 nitrogen and oxygen atoms in total. The Morgan fingerprint density at radius 1 is 1.06 bits per heavy atom. The monoisotopic (exact) mass is 424 g/mol. The van der Waals surface area contributed by atoms with Gasteiger partial charge in [0.25, 0.3) is 0 Å². The Balaban J connectivity index is 1.40. The Kier molecular flexibility index (Phi) is 6.00. The van der Waals surface area contributed by atoms with Gasteiger partial charge in [0.05, 0.1) is 12.2 Å². The van der Waals surface area contributed by atoms with Crippen LogP contribution >= 0.6 is 0 Å². The number of piperazine rings is 1. The molecule has 166 valence electrons. The number of fused-ring (bicyclic) bond motifs is 1. The summed E-state index contributed by atoms with van der Waals surface area (Å²) in [4.78, 5) is 28.0. The number of aromatic nitrogens is 2. The Bertz CT molecular complexity index is 917. The van der Waals surface area contributed by atoms with Gasteiger partial charge in [0, 0.05) is 50.3 Å². The van der Waals surface area contributed by atoms with Crippen LogP contribution in [0, 0.1) is 0 Å². The zero-order valence-electron chi connectivity index (χ0n) is 18.9. The van der Waals surface area contributed by atoms with Crippen LogP contribution in [0.4, 0.5) is 22.1 Å². The number of ether oxygens (including phenoxy) is 1. The minimum absolute atomic E-state index is 0.300. The molecule has 1 aromatic heterocycles. The third-order valence-electron chi connectivity index (χ3n) is 5.59. The maximum atomic E-state index is 12.4. The first-order valence-electron chi connectivity index (χ1n) is 10.9. The first-order chi connectivity index (χ1) is 14.8. The summed E-state index contributed by atoms with van der Waals surface area (Å²) < 4.78 is 5.51. The molecule has 2 aliphatic heterocycles. The van der Waals surface area contributed by atoms with Gasteiger partial charge in [-0.25, -0.2) is 14.8 Å². The molecule has 3 heterocycles. The summed E-state index contributed by atoms with van der Waals surface area (Å²) >= 11 is 0. The third-order valence-corrected chi connectivity index (χ3v) is 5.59. The van der Waals surface area contributed by atoms with E-state index in [1.165, 1.54) is 5.69 Å². The third kappa shape index (κ3) is 5.44. The van der Waals surface area contributed by atoms with Crippen molar-refractivity contribution in [2.45, 2.75) is 39.3 Å². The molecule has 0 saturated carbocycles. The van der Waals surface area contributed by atoms with Gasteiger partial charge in [-0.15, -0.1) is 0 Å². The van der Waals surface area contributed by atoms with Gasteiger partial charge in [0.2, 0.25) is 5.95 Å². The average molecular weight is 425 g/mol. The number of anilines is 3. The molecule has 0 atom stereocenters. The minimum atomic E-state index is -0.508. The number of hydrogen-bond donors (Lipinski definition) is 1. The van der Waals surface area contributed by atoms with Crippen molar-refractivity contribution in [2.75, 3.05) is 50.0 Å². The Labute approximate surface area is 184 Å². The highest BCUT2D eigenvalue weighted by molar-refractivity contribution is 5.68. The van der Waals surface area contributed by atoms with Crippen molar-refractivity contribution < 1.29 is 9.53 Å². The van der Waals surface area contributed by atoms with E-state index in [2.05, 4.69) is 56.4 Å². The normalized spacial score (nSPS) is 17.3. The molecule has 0 unspecified atom stereocenters. The van der Waals surface area contributed by atoms with Crippen LogP contribution in [0.25, 0.3) is 0 Å². The topological polar surface area (TPSA) is 73.8 Å². The summed E-state index contributed by atoms with van der Waals surface area (Å²) in [6.07, 6.45) is 2.29. The molecule has 8 heteroatoms. The molecular formula is C23H32N6O2. The van der Waals surface area contributed by atoms with Crippen LogP contribution in [0.3, 0.4) is 0 Å². The predicted molar refractivity (Wildman–Crippen MR) is 122 cm³/mol. The second-order valence-electron chi connectivity index (χ2n) is 9.28. The highest BCUT2D eigenvalue weighted by atomic mass is 16.6. The zero-order chi connectivity index (χ0) is 22.0. The first-order valence-corrected chi connectivity index (χ1v) is 10.9. The molecule has 0 bridgehead atoms. The number of hydrogen-bond acceptors (Lipinski definition) is 7. The lowest BCUT2D eigenvalue weighted by atomic mass is 10.1. The molecule has 31 heavy (non-hydrogen) atoms. The van der Waals surface area contributed by atoms with Crippen molar-refractivity contribution in [3.8, 4) is 0 Å². The SMILES string of the molecule is CN1CCN(c2ccc(Nc3ncc4c(n3)CN(C(=O)OC(C)(C)C)CC4)cc2)CC1. The van der Waals surface area contributed by atoms with E-state index in [9.17, 15) is 4.79 Å². The molecule has 0 spiro atoms. The van der Waals surface area contributed by atoms with Crippen molar-refractivity contribution >= 4 is 23.4 Å². The average Bonchev–Trinajstić information content (AvgIpc) is 2.73. The number of nitrogens with one attached hydrogen (secondary N) is 1. The lowest BCUT2D eigenvalue weighted by Gasteiger charge is -2.34. The van der Waals surface area contributed by atoms with E-state index in [0.29, 0.717) is 19.0 Å². The standard InChI is InChI=1S/C23H32N6O2/c1-23(2,3)31-22(30)29-10-9-17-15-24-21(26-20(17)16-29)25-18-5-7-19(8-6-18)28-13-11-27(4)12-14-28/h5-8,15H,9-14,16H2,1-4H3,(H,24,25,26). The van der Waals surface area contributed by atoms with E-state index < -0.39 is 5.60 Å². The number of carbonyl (C=O) groups is 1. The van der Waals surface area contributed by atoms with Gasteiger partial charge in [-0.05, 0) is 64.1 Å². The van der Waals surface area contributed by atoms with Crippen LogP contribution in [0.1, 0.15) is 32.0 Å². The largest absolute Gasteiger partial charge is 0.444 e. The van der Waals surface area contributed by atoms with Crippen molar-refractivity contribution in [1.82, 2.24) is 19.8 Å². The molecule has 0 radical (unpaired) electrons. The van der Waals surface area contributed by atoms with Gasteiger partial charge in [-0.2, -0.15) is 0 Å². The van der Waals surface area contributed by atoms with Gasteiger partial charge in [-0.3, -0.25) is 0 Å². The van der Waals surface area contributed by atoms with Gasteiger partial charge >= 0.3 is 6.09 Å². The van der Waals surface area contributed by atoms with E-state index in [1.54, 1.807) is 4.90 Å². The number of likely N-dealkylation sites (N-methyl/N-ethyl adjacent to an activating group) is 1. The van der Waals surface area contributed by atoms with E-state index in [4.69, 9.17) is 4.74 Å². The van der Waals surface area contributed by atoms with Gasteiger partial charge < -0.3 is 24.8 Å². The smallest absolute Gasteiger partial charge is 0.410 e. The number of benzene rings is 1. The molecule has 1 fully saturated rings. The maximum Gasteiger partial charge on any atom is 0.410 e. The quantitative estimate of drug-likeness (QED) is 0.811. The van der Waals surface area contributed by atoms with Crippen LogP contribution < -0.4 is 10.2 Å². The molecule has 1 N–H and O–H groups in total. The van der Waals surface area contributed by atoms with Crippen molar-refractivity contribution in [1.29, 1.82) is 0 Å². The molecule has 1 saturated heterocycles. The highest BCUT2D eigenvalue weighted by Crippen LogP contribution is 2.23. The van der Waals surface area contributed by atoms with E-state index in [-0.39, 0.29) is 6.09 Å². The molecule has 0 aliphatic carbocycles. The molecule has 2 aliphatic rings. The van der Waals surface area contributed by atoms with Gasteiger partial charge in [0.1, 0.15) is 5.60 Å². The summed E-state index contributed by atoms with van der Waals surface area (Å²) in [6.45, 7) is 10.9. The Hall–Kier alpha value is -2.87. The summed E-state index contributed by atoms with van der Waals surface area (Å²) in [5, 5.41) is 3.29. The molecule has 1 aromatic carbocycles. The molecule has 2 aromatic rings. The first kappa shape index (κ1) is 21.4. The van der Waals surface area contributed by atoms with Crippen molar-refractivity contribution in [3.63, 3.8) is 0 Å². The van der Waals surface area contributed by atoms with E-state index in [1.807, 2.05) is 27.0 Å². The Morgan fingerprint density at radius 3 is 2.45 bits per heavy atom. The fraction of sp³-hybridized carbons (Fsp3) is 0.522. The fourth-order valence-corrected chi connectivity index (χ4v) is 3.79. The van der Waals surface area contributed by atoms with Crippen LogP contribution in [0.15, 0.2) is 30.5 Å². The minimum Gasteiger partial charge on any atom is -0.444 e. The number of rotatable bonds is 3. The lowest BCUT2D eigenvalue weighted by Crippen LogP contribution is -2.44. The fourth-order valence-electron chi connectivity index (χ4n) is 3.79. The maximum absolute atomic E-state index is 12.4.